The number of nitrogens with zero attached hydrogens (tertiary/aromatic N) is 5. The third-order valence-electron chi connectivity index (χ3n) is 5.97. The Labute approximate surface area is 180 Å². The molecule has 1 aliphatic rings. The van der Waals surface area contributed by atoms with Gasteiger partial charge in [0.15, 0.2) is 0 Å². The number of H-pyrrole nitrogens is 1. The van der Waals surface area contributed by atoms with Crippen LogP contribution >= 0.6 is 0 Å². The highest BCUT2D eigenvalue weighted by molar-refractivity contribution is 5.96. The number of aliphatic hydroxyl groups is 1. The van der Waals surface area contributed by atoms with Gasteiger partial charge in [0, 0.05) is 42.8 Å². The summed E-state index contributed by atoms with van der Waals surface area (Å²) in [6.07, 6.45) is 8.96. The molecule has 0 radical (unpaired) electrons. The van der Waals surface area contributed by atoms with Crippen LogP contribution in [0, 0.1) is 0 Å². The second-order valence-corrected chi connectivity index (χ2v) is 8.37. The molecule has 0 saturated carbocycles. The molecule has 0 unspecified atom stereocenters. The van der Waals surface area contributed by atoms with E-state index in [2.05, 4.69) is 20.0 Å². The van der Waals surface area contributed by atoms with E-state index in [0.717, 1.165) is 65.4 Å². The van der Waals surface area contributed by atoms with E-state index >= 15 is 0 Å². The summed E-state index contributed by atoms with van der Waals surface area (Å²) < 4.78 is 7.48. The summed E-state index contributed by atoms with van der Waals surface area (Å²) in [6.45, 7) is 4.07. The van der Waals surface area contributed by atoms with E-state index in [4.69, 9.17) is 9.72 Å². The molecule has 0 atom stereocenters. The van der Waals surface area contributed by atoms with Gasteiger partial charge in [-0.1, -0.05) is 6.07 Å². The van der Waals surface area contributed by atoms with Gasteiger partial charge in [0.05, 0.1) is 31.0 Å². The van der Waals surface area contributed by atoms with E-state index in [1.54, 1.807) is 13.3 Å². The number of hydrogen-bond donors (Lipinski definition) is 2. The molecule has 1 fully saturated rings. The van der Waals surface area contributed by atoms with Crippen molar-refractivity contribution >= 4 is 17.0 Å². The molecule has 1 aromatic carbocycles. The third-order valence-corrected chi connectivity index (χ3v) is 5.97. The number of aromatic nitrogens is 5. The number of anilines is 1. The maximum Gasteiger partial charge on any atom is 0.203 e. The van der Waals surface area contributed by atoms with Gasteiger partial charge in [0.1, 0.15) is 11.3 Å². The van der Waals surface area contributed by atoms with Gasteiger partial charge in [-0.05, 0) is 43.5 Å². The first kappa shape index (κ1) is 19.6. The summed E-state index contributed by atoms with van der Waals surface area (Å²) in [6, 6.07) is 7.95. The van der Waals surface area contributed by atoms with Crippen LogP contribution in [-0.2, 0) is 6.54 Å². The summed E-state index contributed by atoms with van der Waals surface area (Å²) in [7, 11) is 1.66. The minimum atomic E-state index is -0.603. The number of fused-ring (bicyclic) bond motifs is 1. The van der Waals surface area contributed by atoms with Crippen LogP contribution in [0.5, 0.6) is 5.75 Å². The van der Waals surface area contributed by atoms with Crippen molar-refractivity contribution in [2.45, 2.75) is 31.9 Å². The van der Waals surface area contributed by atoms with Crippen LogP contribution in [0.1, 0.15) is 25.3 Å². The van der Waals surface area contributed by atoms with Crippen LogP contribution in [0.15, 0.2) is 49.1 Å². The Morgan fingerprint density at radius 1 is 1.19 bits per heavy atom. The smallest absolute Gasteiger partial charge is 0.203 e. The van der Waals surface area contributed by atoms with Crippen LogP contribution in [0.4, 0.5) is 5.95 Å². The van der Waals surface area contributed by atoms with Gasteiger partial charge in [-0.3, -0.25) is 9.67 Å². The third kappa shape index (κ3) is 3.86. The lowest BCUT2D eigenvalue weighted by Crippen LogP contribution is -2.42. The summed E-state index contributed by atoms with van der Waals surface area (Å²) in [5.74, 6) is 1.53. The van der Waals surface area contributed by atoms with Crippen molar-refractivity contribution in [2.75, 3.05) is 25.1 Å². The van der Waals surface area contributed by atoms with Crippen molar-refractivity contribution < 1.29 is 9.84 Å². The van der Waals surface area contributed by atoms with Gasteiger partial charge in [0.25, 0.3) is 0 Å². The zero-order valence-electron chi connectivity index (χ0n) is 17.7. The van der Waals surface area contributed by atoms with Crippen LogP contribution in [-0.4, -0.2) is 55.6 Å². The van der Waals surface area contributed by atoms with Crippen molar-refractivity contribution in [3.8, 4) is 16.9 Å². The molecule has 5 rings (SSSR count). The Morgan fingerprint density at radius 2 is 2.03 bits per heavy atom. The van der Waals surface area contributed by atoms with Gasteiger partial charge < -0.3 is 19.7 Å². The number of methoxy groups -OCH3 is 1. The largest absolute Gasteiger partial charge is 0.494 e. The fourth-order valence-electron chi connectivity index (χ4n) is 4.08. The Kier molecular flexibility index (Phi) is 4.86. The van der Waals surface area contributed by atoms with Gasteiger partial charge in [0.2, 0.25) is 5.95 Å². The molecular formula is C23H26N6O2. The molecule has 0 spiro atoms. The number of pyridine rings is 1. The van der Waals surface area contributed by atoms with Crippen molar-refractivity contribution in [1.29, 1.82) is 0 Å². The van der Waals surface area contributed by atoms with E-state index in [0.29, 0.717) is 6.54 Å². The molecule has 0 bridgehead atoms. The normalized spacial score (nSPS) is 16.0. The first-order chi connectivity index (χ1) is 15.0. The Bertz CT molecular complexity index is 1190. The van der Waals surface area contributed by atoms with Crippen LogP contribution in [0.3, 0.4) is 0 Å². The SMILES string of the molecule is COc1ccc(-c2cnn(Cc3cccnc3)c2)c2[nH]c(N3CCC(C)(O)CC3)nc12. The molecule has 160 valence electrons. The minimum Gasteiger partial charge on any atom is -0.494 e. The molecule has 0 amide bonds. The number of hydrogen-bond acceptors (Lipinski definition) is 6. The standard InChI is InChI=1S/C23H26N6O2/c1-23(30)7-10-28(11-8-23)22-26-20-18(5-6-19(31-2)21(20)27-22)17-13-25-29(15-17)14-16-4-3-9-24-12-16/h3-6,9,12-13,15,30H,7-8,10-11,14H2,1-2H3,(H,26,27). The van der Waals surface area contributed by atoms with E-state index in [1.165, 1.54) is 0 Å². The van der Waals surface area contributed by atoms with Crippen LogP contribution < -0.4 is 9.64 Å². The molecule has 2 N–H and O–H groups in total. The van der Waals surface area contributed by atoms with E-state index in [1.807, 2.05) is 54.5 Å². The zero-order chi connectivity index (χ0) is 21.4. The predicted octanol–water partition coefficient (Wildman–Crippen LogP) is 3.23. The summed E-state index contributed by atoms with van der Waals surface area (Å²) in [5, 5.41) is 14.8. The quantitative estimate of drug-likeness (QED) is 0.517. The van der Waals surface area contributed by atoms with E-state index in [9.17, 15) is 5.11 Å². The number of ether oxygens (including phenoxy) is 1. The van der Waals surface area contributed by atoms with Crippen LogP contribution in [0.25, 0.3) is 22.2 Å². The van der Waals surface area contributed by atoms with Gasteiger partial charge >= 0.3 is 0 Å². The first-order valence-electron chi connectivity index (χ1n) is 10.5. The number of imidazole rings is 1. The van der Waals surface area contributed by atoms with E-state index < -0.39 is 5.60 Å². The molecular weight excluding hydrogens is 392 g/mol. The second-order valence-electron chi connectivity index (χ2n) is 8.37. The topological polar surface area (TPSA) is 92.1 Å². The van der Waals surface area contributed by atoms with Crippen LogP contribution in [0.2, 0.25) is 0 Å². The predicted molar refractivity (Wildman–Crippen MR) is 119 cm³/mol. The lowest BCUT2D eigenvalue weighted by Gasteiger charge is -2.35. The molecule has 31 heavy (non-hydrogen) atoms. The van der Waals surface area contributed by atoms with Gasteiger partial charge in [-0.25, -0.2) is 4.98 Å². The number of piperidine rings is 1. The van der Waals surface area contributed by atoms with Crippen molar-refractivity contribution in [2.24, 2.45) is 0 Å². The Morgan fingerprint density at radius 3 is 2.77 bits per heavy atom. The lowest BCUT2D eigenvalue weighted by atomic mass is 9.94. The van der Waals surface area contributed by atoms with E-state index in [-0.39, 0.29) is 0 Å². The number of benzene rings is 1. The molecule has 8 heteroatoms. The zero-order valence-corrected chi connectivity index (χ0v) is 17.7. The molecule has 4 heterocycles. The lowest BCUT2D eigenvalue weighted by molar-refractivity contribution is 0.0349. The maximum absolute atomic E-state index is 10.3. The molecule has 4 aromatic rings. The van der Waals surface area contributed by atoms with Crippen molar-refractivity contribution in [3.63, 3.8) is 0 Å². The Balaban J connectivity index is 1.49. The van der Waals surface area contributed by atoms with Crippen molar-refractivity contribution in [3.05, 3.63) is 54.6 Å². The maximum atomic E-state index is 10.3. The molecule has 0 aliphatic carbocycles. The average Bonchev–Trinajstić information content (AvgIpc) is 3.41. The molecule has 1 aliphatic heterocycles. The molecule has 1 saturated heterocycles. The minimum absolute atomic E-state index is 0.603. The Hall–Kier alpha value is -3.39. The fourth-order valence-corrected chi connectivity index (χ4v) is 4.08. The second kappa shape index (κ2) is 7.70. The number of nitrogens with one attached hydrogen (secondary N) is 1. The van der Waals surface area contributed by atoms with Crippen molar-refractivity contribution in [1.82, 2.24) is 24.7 Å². The fraction of sp³-hybridized carbons (Fsp3) is 0.348. The number of rotatable bonds is 5. The number of aromatic amines is 1. The highest BCUT2D eigenvalue weighted by atomic mass is 16.5. The summed E-state index contributed by atoms with van der Waals surface area (Å²) in [5.41, 5.74) is 4.25. The average molecular weight is 419 g/mol. The highest BCUT2D eigenvalue weighted by Gasteiger charge is 2.29. The molecule has 8 nitrogen and oxygen atoms in total. The van der Waals surface area contributed by atoms with Gasteiger partial charge in [-0.2, -0.15) is 5.10 Å². The monoisotopic (exact) mass is 418 g/mol. The summed E-state index contributed by atoms with van der Waals surface area (Å²) in [4.78, 5) is 14.7. The summed E-state index contributed by atoms with van der Waals surface area (Å²) >= 11 is 0. The first-order valence-corrected chi connectivity index (χ1v) is 10.5. The molecule has 3 aromatic heterocycles. The highest BCUT2D eigenvalue weighted by Crippen LogP contribution is 2.35. The van der Waals surface area contributed by atoms with Gasteiger partial charge in [-0.15, -0.1) is 0 Å².